The number of rotatable bonds is 5. The summed E-state index contributed by atoms with van der Waals surface area (Å²) in [5, 5.41) is 2.83. The molecule has 160 valence electrons. The molecule has 2 amide bonds. The third kappa shape index (κ3) is 4.65. The molecule has 5 nitrogen and oxygen atoms in total. The van der Waals surface area contributed by atoms with Gasteiger partial charge in [0, 0.05) is 39.3 Å². The van der Waals surface area contributed by atoms with E-state index in [1.54, 1.807) is 17.8 Å². The van der Waals surface area contributed by atoms with Crippen molar-refractivity contribution in [1.82, 2.24) is 14.7 Å². The van der Waals surface area contributed by atoms with Gasteiger partial charge < -0.3 is 9.80 Å². The first kappa shape index (κ1) is 22.0. The van der Waals surface area contributed by atoms with Gasteiger partial charge in [0.15, 0.2) is 0 Å². The molecule has 0 N–H and O–H groups in total. The third-order valence-corrected chi connectivity index (χ3v) is 8.52. The second-order valence-corrected chi connectivity index (χ2v) is 10.6. The quantitative estimate of drug-likeness (QED) is 0.628. The van der Waals surface area contributed by atoms with Gasteiger partial charge in [0.1, 0.15) is 5.37 Å². The fourth-order valence-corrected chi connectivity index (χ4v) is 6.10. The van der Waals surface area contributed by atoms with Gasteiger partial charge in [0.25, 0.3) is 5.91 Å². The Balaban J connectivity index is 1.34. The molecular formula is C21H23Cl2N3O2S2. The van der Waals surface area contributed by atoms with E-state index in [0.29, 0.717) is 29.7 Å². The van der Waals surface area contributed by atoms with Gasteiger partial charge >= 0.3 is 0 Å². The van der Waals surface area contributed by atoms with Crippen LogP contribution in [0.2, 0.25) is 10.0 Å². The number of amides is 2. The number of carbonyl (C=O) groups excluding carboxylic acids is 2. The van der Waals surface area contributed by atoms with Crippen molar-refractivity contribution in [3.8, 4) is 0 Å². The van der Waals surface area contributed by atoms with Crippen LogP contribution in [0.3, 0.4) is 0 Å². The molecule has 2 atom stereocenters. The molecule has 1 aromatic heterocycles. The molecular weight excluding hydrogens is 461 g/mol. The van der Waals surface area contributed by atoms with Crippen LogP contribution in [0.1, 0.15) is 27.5 Å². The molecule has 2 fully saturated rings. The standard InChI is InChI=1S/C21H23Cl2N3O2S2/c1-14-19(27)26(21(30-14)15-4-5-16(22)17(23)13-15)11-8-24-6-9-25(10-7-24)20(28)18-3-2-12-29-18/h2-5,12-14,21H,6-11H2,1H3. The first-order chi connectivity index (χ1) is 14.4. The van der Waals surface area contributed by atoms with Crippen LogP contribution in [0.5, 0.6) is 0 Å². The average Bonchev–Trinajstić information content (AvgIpc) is 3.38. The lowest BCUT2D eigenvalue weighted by atomic mass is 10.2. The molecule has 2 saturated heterocycles. The van der Waals surface area contributed by atoms with E-state index in [4.69, 9.17) is 23.2 Å². The van der Waals surface area contributed by atoms with Gasteiger partial charge in [-0.15, -0.1) is 23.1 Å². The van der Waals surface area contributed by atoms with Crippen molar-refractivity contribution in [1.29, 1.82) is 0 Å². The number of piperazine rings is 1. The topological polar surface area (TPSA) is 43.9 Å². The summed E-state index contributed by atoms with van der Waals surface area (Å²) < 4.78 is 0. The van der Waals surface area contributed by atoms with E-state index >= 15 is 0 Å². The molecule has 2 aromatic rings. The SMILES string of the molecule is CC1SC(c2ccc(Cl)c(Cl)c2)N(CCN2CCN(C(=O)c3cccs3)CC2)C1=O. The lowest BCUT2D eigenvalue weighted by Crippen LogP contribution is -2.50. The normalized spacial score (nSPS) is 22.7. The molecule has 2 aliphatic heterocycles. The van der Waals surface area contributed by atoms with Crippen LogP contribution in [0.4, 0.5) is 0 Å². The Labute approximate surface area is 194 Å². The van der Waals surface area contributed by atoms with E-state index in [1.807, 2.05) is 46.4 Å². The summed E-state index contributed by atoms with van der Waals surface area (Å²) in [6.45, 7) is 6.46. The molecule has 4 rings (SSSR count). The molecule has 3 heterocycles. The highest BCUT2D eigenvalue weighted by molar-refractivity contribution is 8.01. The van der Waals surface area contributed by atoms with E-state index in [2.05, 4.69) is 4.90 Å². The van der Waals surface area contributed by atoms with Crippen LogP contribution >= 0.6 is 46.3 Å². The zero-order valence-electron chi connectivity index (χ0n) is 16.6. The number of benzene rings is 1. The molecule has 0 radical (unpaired) electrons. The first-order valence-electron chi connectivity index (χ1n) is 9.90. The van der Waals surface area contributed by atoms with Crippen molar-refractivity contribution in [2.24, 2.45) is 0 Å². The maximum Gasteiger partial charge on any atom is 0.264 e. The molecule has 1 aromatic carbocycles. The number of hydrogen-bond acceptors (Lipinski definition) is 5. The van der Waals surface area contributed by atoms with Gasteiger partial charge in [-0.3, -0.25) is 14.5 Å². The van der Waals surface area contributed by atoms with Crippen molar-refractivity contribution in [3.05, 3.63) is 56.2 Å². The maximum atomic E-state index is 12.8. The number of thioether (sulfide) groups is 1. The molecule has 0 saturated carbocycles. The molecule has 0 bridgehead atoms. The van der Waals surface area contributed by atoms with E-state index in [9.17, 15) is 9.59 Å². The Kier molecular flexibility index (Phi) is 6.95. The van der Waals surface area contributed by atoms with Gasteiger partial charge in [0.2, 0.25) is 5.91 Å². The average molecular weight is 484 g/mol. The molecule has 9 heteroatoms. The number of nitrogens with zero attached hydrogens (tertiary/aromatic N) is 3. The monoisotopic (exact) mass is 483 g/mol. The van der Waals surface area contributed by atoms with Gasteiger partial charge in [-0.1, -0.05) is 35.3 Å². The minimum absolute atomic E-state index is 0.0519. The Bertz CT molecular complexity index is 917. The van der Waals surface area contributed by atoms with Crippen molar-refractivity contribution in [3.63, 3.8) is 0 Å². The van der Waals surface area contributed by atoms with Gasteiger partial charge in [-0.25, -0.2) is 0 Å². The Morgan fingerprint density at radius 1 is 1.10 bits per heavy atom. The zero-order chi connectivity index (χ0) is 21.3. The summed E-state index contributed by atoms with van der Waals surface area (Å²) in [7, 11) is 0. The van der Waals surface area contributed by atoms with Gasteiger partial charge in [-0.05, 0) is 36.1 Å². The molecule has 30 heavy (non-hydrogen) atoms. The predicted molar refractivity (Wildman–Crippen MR) is 125 cm³/mol. The molecule has 0 spiro atoms. The summed E-state index contributed by atoms with van der Waals surface area (Å²) in [4.78, 5) is 32.2. The fourth-order valence-electron chi connectivity index (χ4n) is 3.81. The number of carbonyl (C=O) groups is 2. The van der Waals surface area contributed by atoms with Gasteiger partial charge in [-0.2, -0.15) is 0 Å². The van der Waals surface area contributed by atoms with E-state index in [0.717, 1.165) is 30.1 Å². The van der Waals surface area contributed by atoms with Crippen molar-refractivity contribution < 1.29 is 9.59 Å². The van der Waals surface area contributed by atoms with Crippen molar-refractivity contribution in [2.45, 2.75) is 17.5 Å². The lowest BCUT2D eigenvalue weighted by molar-refractivity contribution is -0.130. The Morgan fingerprint density at radius 2 is 1.87 bits per heavy atom. The maximum absolute atomic E-state index is 12.8. The highest BCUT2D eigenvalue weighted by atomic mass is 35.5. The summed E-state index contributed by atoms with van der Waals surface area (Å²) >= 11 is 15.4. The summed E-state index contributed by atoms with van der Waals surface area (Å²) in [6, 6.07) is 9.37. The van der Waals surface area contributed by atoms with Crippen molar-refractivity contribution in [2.75, 3.05) is 39.3 Å². The minimum Gasteiger partial charge on any atom is -0.335 e. The highest BCUT2D eigenvalue weighted by Gasteiger charge is 2.38. The molecule has 2 unspecified atom stereocenters. The van der Waals surface area contributed by atoms with Crippen LogP contribution in [0.25, 0.3) is 0 Å². The molecule has 0 aliphatic carbocycles. The van der Waals surface area contributed by atoms with Crippen LogP contribution in [0.15, 0.2) is 35.7 Å². The van der Waals surface area contributed by atoms with E-state index < -0.39 is 0 Å². The van der Waals surface area contributed by atoms with Gasteiger partial charge in [0.05, 0.1) is 20.2 Å². The predicted octanol–water partition coefficient (Wildman–Crippen LogP) is 4.48. The molecule has 2 aliphatic rings. The van der Waals surface area contributed by atoms with E-state index in [-0.39, 0.29) is 22.4 Å². The highest BCUT2D eigenvalue weighted by Crippen LogP contribution is 2.43. The van der Waals surface area contributed by atoms with Crippen LogP contribution < -0.4 is 0 Å². The third-order valence-electron chi connectivity index (χ3n) is 5.52. The van der Waals surface area contributed by atoms with Crippen LogP contribution in [0, 0.1) is 0 Å². The Hall–Kier alpha value is -1.25. The van der Waals surface area contributed by atoms with Crippen LogP contribution in [-0.2, 0) is 4.79 Å². The Morgan fingerprint density at radius 3 is 2.53 bits per heavy atom. The smallest absolute Gasteiger partial charge is 0.264 e. The summed E-state index contributed by atoms with van der Waals surface area (Å²) in [5.74, 6) is 0.270. The summed E-state index contributed by atoms with van der Waals surface area (Å²) in [5.41, 5.74) is 0.999. The van der Waals surface area contributed by atoms with Crippen molar-refractivity contribution >= 4 is 58.1 Å². The van der Waals surface area contributed by atoms with E-state index in [1.165, 1.54) is 11.3 Å². The minimum atomic E-state index is -0.0790. The first-order valence-corrected chi connectivity index (χ1v) is 12.5. The lowest BCUT2D eigenvalue weighted by Gasteiger charge is -2.36. The largest absolute Gasteiger partial charge is 0.335 e. The second-order valence-electron chi connectivity index (χ2n) is 7.45. The van der Waals surface area contributed by atoms with Crippen LogP contribution in [-0.4, -0.2) is 71.0 Å². The fraction of sp³-hybridized carbons (Fsp3) is 0.429. The number of halogens is 2. The zero-order valence-corrected chi connectivity index (χ0v) is 19.7. The number of hydrogen-bond donors (Lipinski definition) is 0. The number of thiophene rings is 1. The second kappa shape index (κ2) is 9.49. The summed E-state index contributed by atoms with van der Waals surface area (Å²) in [6.07, 6.45) is 0.